The molecule has 0 bridgehead atoms. The van der Waals surface area contributed by atoms with Crippen molar-refractivity contribution in [2.75, 3.05) is 0 Å². The summed E-state index contributed by atoms with van der Waals surface area (Å²) in [5.74, 6) is 0. The lowest BCUT2D eigenvalue weighted by molar-refractivity contribution is -0.663. The van der Waals surface area contributed by atoms with Crippen molar-refractivity contribution in [1.29, 1.82) is 5.26 Å². The minimum absolute atomic E-state index is 0.295. The highest BCUT2D eigenvalue weighted by Gasteiger charge is 2.22. The second-order valence-corrected chi connectivity index (χ2v) is 6.36. The molecule has 0 aliphatic carbocycles. The topological polar surface area (TPSA) is 27.7 Å². The van der Waals surface area contributed by atoms with Gasteiger partial charge in [0, 0.05) is 23.3 Å². The van der Waals surface area contributed by atoms with E-state index in [1.165, 1.54) is 0 Å². The Hall–Kier alpha value is -3.70. The fourth-order valence-electron chi connectivity index (χ4n) is 3.36. The molecule has 0 saturated carbocycles. The standard InChI is InChI=1S/C25H19N2/c26-16-17-27-24(21-12-6-2-7-13-21)18-23(20-10-4-1-5-11-20)19-25(27)22-14-8-3-9-15-22/h1-15,18-19H,17H2/q+1. The molecule has 27 heavy (non-hydrogen) atoms. The Kier molecular flexibility index (Phi) is 4.76. The van der Waals surface area contributed by atoms with Gasteiger partial charge in [-0.2, -0.15) is 9.83 Å². The van der Waals surface area contributed by atoms with Gasteiger partial charge < -0.3 is 0 Å². The van der Waals surface area contributed by atoms with Crippen LogP contribution < -0.4 is 4.57 Å². The van der Waals surface area contributed by atoms with Gasteiger partial charge in [-0.05, 0) is 35.4 Å². The van der Waals surface area contributed by atoms with Gasteiger partial charge in [0.05, 0.1) is 0 Å². The first-order valence-corrected chi connectivity index (χ1v) is 8.98. The fraction of sp³-hybridized carbons (Fsp3) is 0.0400. The van der Waals surface area contributed by atoms with E-state index >= 15 is 0 Å². The van der Waals surface area contributed by atoms with Crippen molar-refractivity contribution in [2.45, 2.75) is 6.54 Å². The molecule has 0 fully saturated rings. The average molecular weight is 347 g/mol. The first-order chi connectivity index (χ1) is 13.4. The molecule has 128 valence electrons. The summed E-state index contributed by atoms with van der Waals surface area (Å²) in [7, 11) is 0. The Morgan fingerprint density at radius 1 is 0.556 bits per heavy atom. The first-order valence-electron chi connectivity index (χ1n) is 8.98. The zero-order chi connectivity index (χ0) is 18.5. The number of pyridine rings is 1. The third-order valence-corrected chi connectivity index (χ3v) is 4.64. The number of rotatable bonds is 4. The van der Waals surface area contributed by atoms with Gasteiger partial charge in [0.15, 0.2) is 0 Å². The third kappa shape index (κ3) is 3.49. The van der Waals surface area contributed by atoms with E-state index in [1.54, 1.807) is 0 Å². The van der Waals surface area contributed by atoms with E-state index in [-0.39, 0.29) is 0 Å². The predicted molar refractivity (Wildman–Crippen MR) is 109 cm³/mol. The number of aromatic nitrogens is 1. The van der Waals surface area contributed by atoms with Crippen LogP contribution in [0.2, 0.25) is 0 Å². The van der Waals surface area contributed by atoms with Crippen LogP contribution in [-0.2, 0) is 6.54 Å². The maximum atomic E-state index is 9.48. The maximum Gasteiger partial charge on any atom is 0.235 e. The van der Waals surface area contributed by atoms with Crippen molar-refractivity contribution < 1.29 is 4.57 Å². The Bertz CT molecular complexity index is 1020. The second kappa shape index (κ2) is 7.68. The Morgan fingerprint density at radius 3 is 1.37 bits per heavy atom. The third-order valence-electron chi connectivity index (χ3n) is 4.64. The molecule has 4 aromatic rings. The van der Waals surface area contributed by atoms with E-state index in [2.05, 4.69) is 71.3 Å². The summed E-state index contributed by atoms with van der Waals surface area (Å²) in [6.07, 6.45) is 0. The molecular formula is C25H19N2+. The molecular weight excluding hydrogens is 328 g/mol. The molecule has 0 N–H and O–H groups in total. The van der Waals surface area contributed by atoms with Crippen molar-refractivity contribution in [2.24, 2.45) is 0 Å². The van der Waals surface area contributed by atoms with Crippen LogP contribution >= 0.6 is 0 Å². The molecule has 1 aromatic heterocycles. The first kappa shape index (κ1) is 16.8. The van der Waals surface area contributed by atoms with Gasteiger partial charge in [0.2, 0.25) is 17.9 Å². The van der Waals surface area contributed by atoms with Gasteiger partial charge in [-0.15, -0.1) is 0 Å². The van der Waals surface area contributed by atoms with E-state index in [1.807, 2.05) is 42.5 Å². The summed E-state index contributed by atoms with van der Waals surface area (Å²) in [5, 5.41) is 9.48. The lowest BCUT2D eigenvalue weighted by Crippen LogP contribution is -2.38. The average Bonchev–Trinajstić information content (AvgIpc) is 2.76. The monoisotopic (exact) mass is 347 g/mol. The molecule has 2 nitrogen and oxygen atoms in total. The minimum Gasteiger partial charge on any atom is -0.191 e. The van der Waals surface area contributed by atoms with Crippen LogP contribution in [0.4, 0.5) is 0 Å². The quantitative estimate of drug-likeness (QED) is 0.448. The van der Waals surface area contributed by atoms with E-state index in [0.717, 1.165) is 33.6 Å². The lowest BCUT2D eigenvalue weighted by Gasteiger charge is -2.11. The molecule has 0 radical (unpaired) electrons. The number of nitriles is 1. The van der Waals surface area contributed by atoms with Crippen LogP contribution in [0, 0.1) is 11.3 Å². The van der Waals surface area contributed by atoms with Gasteiger partial charge >= 0.3 is 0 Å². The van der Waals surface area contributed by atoms with Crippen LogP contribution in [-0.4, -0.2) is 0 Å². The fourth-order valence-corrected chi connectivity index (χ4v) is 3.36. The van der Waals surface area contributed by atoms with E-state index < -0.39 is 0 Å². The maximum absolute atomic E-state index is 9.48. The predicted octanol–water partition coefficient (Wildman–Crippen LogP) is 5.50. The molecule has 0 unspecified atom stereocenters. The summed E-state index contributed by atoms with van der Waals surface area (Å²) >= 11 is 0. The van der Waals surface area contributed by atoms with E-state index in [9.17, 15) is 5.26 Å². The number of nitrogens with zero attached hydrogens (tertiary/aromatic N) is 2. The molecule has 0 spiro atoms. The van der Waals surface area contributed by atoms with E-state index in [4.69, 9.17) is 0 Å². The largest absolute Gasteiger partial charge is 0.235 e. The molecule has 0 aliphatic rings. The Balaban J connectivity index is 2.03. The van der Waals surface area contributed by atoms with Crippen LogP contribution in [0.3, 0.4) is 0 Å². The van der Waals surface area contributed by atoms with Crippen LogP contribution in [0.5, 0.6) is 0 Å². The lowest BCUT2D eigenvalue weighted by atomic mass is 9.99. The SMILES string of the molecule is N#CC[n+]1c(-c2ccccc2)cc(-c2ccccc2)cc1-c1ccccc1. The molecule has 3 aromatic carbocycles. The zero-order valence-electron chi connectivity index (χ0n) is 14.9. The highest BCUT2D eigenvalue weighted by Crippen LogP contribution is 2.28. The second-order valence-electron chi connectivity index (χ2n) is 6.36. The summed E-state index contributed by atoms with van der Waals surface area (Å²) in [6.45, 7) is 0.295. The minimum atomic E-state index is 0.295. The van der Waals surface area contributed by atoms with Gasteiger partial charge in [0.1, 0.15) is 6.07 Å². The molecule has 4 rings (SSSR count). The molecule has 1 heterocycles. The normalized spacial score (nSPS) is 10.3. The van der Waals surface area contributed by atoms with Crippen molar-refractivity contribution in [3.05, 3.63) is 103 Å². The van der Waals surface area contributed by atoms with Crippen LogP contribution in [0.1, 0.15) is 0 Å². The molecule has 0 saturated heterocycles. The van der Waals surface area contributed by atoms with Crippen molar-refractivity contribution in [1.82, 2.24) is 0 Å². The summed E-state index contributed by atoms with van der Waals surface area (Å²) in [5.41, 5.74) is 6.58. The van der Waals surface area contributed by atoms with Crippen molar-refractivity contribution in [3.8, 4) is 39.7 Å². The number of benzene rings is 3. The molecule has 2 heteroatoms. The van der Waals surface area contributed by atoms with Crippen molar-refractivity contribution in [3.63, 3.8) is 0 Å². The summed E-state index contributed by atoms with van der Waals surface area (Å²) in [6, 6.07) is 37.6. The van der Waals surface area contributed by atoms with E-state index in [0.29, 0.717) is 6.54 Å². The highest BCUT2D eigenvalue weighted by atomic mass is 15.0. The summed E-state index contributed by atoms with van der Waals surface area (Å²) < 4.78 is 2.09. The molecule has 0 amide bonds. The smallest absolute Gasteiger partial charge is 0.191 e. The Labute approximate surface area is 159 Å². The van der Waals surface area contributed by atoms with Gasteiger partial charge in [-0.1, -0.05) is 66.7 Å². The van der Waals surface area contributed by atoms with Gasteiger partial charge in [-0.3, -0.25) is 0 Å². The number of hydrogen-bond donors (Lipinski definition) is 0. The highest BCUT2D eigenvalue weighted by molar-refractivity contribution is 5.73. The molecule has 0 aliphatic heterocycles. The molecule has 0 atom stereocenters. The Morgan fingerprint density at radius 2 is 0.963 bits per heavy atom. The zero-order valence-corrected chi connectivity index (χ0v) is 14.9. The number of hydrogen-bond acceptors (Lipinski definition) is 1. The van der Waals surface area contributed by atoms with Crippen molar-refractivity contribution >= 4 is 0 Å². The summed E-state index contributed by atoms with van der Waals surface area (Å²) in [4.78, 5) is 0. The van der Waals surface area contributed by atoms with Crippen LogP contribution in [0.15, 0.2) is 103 Å². The van der Waals surface area contributed by atoms with Gasteiger partial charge in [-0.25, -0.2) is 0 Å². The van der Waals surface area contributed by atoms with Crippen LogP contribution in [0.25, 0.3) is 33.6 Å². The van der Waals surface area contributed by atoms with Gasteiger partial charge in [0.25, 0.3) is 0 Å².